The third kappa shape index (κ3) is 4.07. The number of carbonyl (C=O) groups excluding carboxylic acids is 2. The molecule has 0 saturated carbocycles. The van der Waals surface area contributed by atoms with Crippen molar-refractivity contribution in [2.75, 3.05) is 13.2 Å². The highest BCUT2D eigenvalue weighted by Crippen LogP contribution is 2.40. The summed E-state index contributed by atoms with van der Waals surface area (Å²) in [5.41, 5.74) is 1.00. The Labute approximate surface area is 178 Å². The fraction of sp³-hybridized carbons (Fsp3) is 0.273. The van der Waals surface area contributed by atoms with E-state index in [0.29, 0.717) is 16.9 Å². The average Bonchev–Trinajstić information content (AvgIpc) is 3.06. The molecule has 2 amide bonds. The number of amides is 2. The Morgan fingerprint density at radius 1 is 1.16 bits per heavy atom. The number of para-hydroxylation sites is 3. The monoisotopic (exact) mass is 422 g/mol. The lowest BCUT2D eigenvalue weighted by atomic mass is 10.2. The minimum Gasteiger partial charge on any atom is -0.493 e. The molecule has 9 heteroatoms. The van der Waals surface area contributed by atoms with Gasteiger partial charge in [0.1, 0.15) is 13.2 Å². The van der Waals surface area contributed by atoms with Crippen LogP contribution in [0, 0.1) is 0 Å². The van der Waals surface area contributed by atoms with Crippen molar-refractivity contribution in [1.29, 1.82) is 0 Å². The van der Waals surface area contributed by atoms with Gasteiger partial charge in [-0.1, -0.05) is 30.3 Å². The molecule has 3 aromatic rings. The molecule has 0 bridgehead atoms. The van der Waals surface area contributed by atoms with E-state index in [1.807, 2.05) is 38.1 Å². The molecule has 2 aromatic carbocycles. The second-order valence-electron chi connectivity index (χ2n) is 7.33. The Kier molecular flexibility index (Phi) is 5.57. The predicted molar refractivity (Wildman–Crippen MR) is 113 cm³/mol. The Bertz CT molecular complexity index is 1170. The predicted octanol–water partition coefficient (Wildman–Crippen LogP) is 3.49. The zero-order valence-electron chi connectivity index (χ0n) is 17.1. The second kappa shape index (κ2) is 8.47. The highest BCUT2D eigenvalue weighted by Gasteiger charge is 2.27. The molecule has 160 valence electrons. The number of nitrogens with zero attached hydrogens (tertiary/aromatic N) is 3. The van der Waals surface area contributed by atoms with Crippen LogP contribution in [0.25, 0.3) is 10.9 Å². The molecule has 4 rings (SSSR count). The van der Waals surface area contributed by atoms with Gasteiger partial charge in [0, 0.05) is 11.4 Å². The van der Waals surface area contributed by atoms with E-state index in [-0.39, 0.29) is 30.8 Å². The molecule has 1 unspecified atom stereocenters. The maximum absolute atomic E-state index is 12.3. The molecule has 2 heterocycles. The average molecular weight is 422 g/mol. The summed E-state index contributed by atoms with van der Waals surface area (Å²) < 4.78 is 12.8. The smallest absolute Gasteiger partial charge is 0.283 e. The van der Waals surface area contributed by atoms with Gasteiger partial charge in [-0.15, -0.1) is 10.2 Å². The number of fused-ring (bicyclic) bond motifs is 2. The fourth-order valence-corrected chi connectivity index (χ4v) is 3.42. The van der Waals surface area contributed by atoms with Gasteiger partial charge < -0.3 is 24.5 Å². The normalized spacial score (nSPS) is 15.5. The highest BCUT2D eigenvalue weighted by molar-refractivity contribution is 5.95. The third-order valence-electron chi connectivity index (χ3n) is 4.85. The number of benzene rings is 2. The molecule has 2 N–H and O–H groups in total. The minimum atomic E-state index is -0.868. The molecule has 1 aromatic heterocycles. The molecular formula is C22H22N4O5. The number of aromatic nitrogens is 1. The zero-order chi connectivity index (χ0) is 22.0. The molecule has 1 atom stereocenters. The molecule has 9 nitrogen and oxygen atoms in total. The summed E-state index contributed by atoms with van der Waals surface area (Å²) in [7, 11) is 0. The van der Waals surface area contributed by atoms with Gasteiger partial charge in [-0.25, -0.2) is 0 Å². The topological polar surface area (TPSA) is 115 Å². The lowest BCUT2D eigenvalue weighted by molar-refractivity contribution is -0.132. The van der Waals surface area contributed by atoms with Crippen LogP contribution >= 0.6 is 0 Å². The van der Waals surface area contributed by atoms with Gasteiger partial charge in [0.15, 0.2) is 17.2 Å². The first-order valence-electron chi connectivity index (χ1n) is 9.88. The lowest BCUT2D eigenvalue weighted by Gasteiger charge is -2.25. The molecular weight excluding hydrogens is 400 g/mol. The molecule has 1 aliphatic rings. The van der Waals surface area contributed by atoms with Gasteiger partial charge in [0.2, 0.25) is 12.0 Å². The van der Waals surface area contributed by atoms with Crippen molar-refractivity contribution >= 4 is 28.4 Å². The van der Waals surface area contributed by atoms with E-state index < -0.39 is 17.9 Å². The van der Waals surface area contributed by atoms with Crippen LogP contribution < -0.4 is 14.8 Å². The van der Waals surface area contributed by atoms with Crippen molar-refractivity contribution in [2.24, 2.45) is 10.2 Å². The Morgan fingerprint density at radius 2 is 1.87 bits per heavy atom. The van der Waals surface area contributed by atoms with Gasteiger partial charge >= 0.3 is 0 Å². The third-order valence-corrected chi connectivity index (χ3v) is 4.85. The van der Waals surface area contributed by atoms with Crippen LogP contribution in [0.15, 0.2) is 58.8 Å². The van der Waals surface area contributed by atoms with Gasteiger partial charge in [-0.05, 0) is 32.0 Å². The standard InChI is InChI=1S/C22H22N4O5/c1-13(2)26-15-8-4-3-7-14(15)20(22(26)29)25-24-19(27)11-23-21(28)18-12-30-16-9-5-6-10-17(16)31-18/h3-10,13,18,29H,11-12H2,1-2H3,(H,23,28). The maximum Gasteiger partial charge on any atom is 0.283 e. The Morgan fingerprint density at radius 3 is 2.65 bits per heavy atom. The van der Waals surface area contributed by atoms with Crippen LogP contribution in [-0.4, -0.2) is 40.7 Å². The summed E-state index contributed by atoms with van der Waals surface area (Å²) in [6.45, 7) is 3.56. The first-order chi connectivity index (χ1) is 15.0. The Balaban J connectivity index is 1.41. The summed E-state index contributed by atoms with van der Waals surface area (Å²) >= 11 is 0. The molecule has 0 fully saturated rings. The van der Waals surface area contributed by atoms with E-state index in [0.717, 1.165) is 5.52 Å². The van der Waals surface area contributed by atoms with Crippen LogP contribution in [0.1, 0.15) is 19.9 Å². The number of rotatable bonds is 5. The maximum atomic E-state index is 12.3. The number of hydrogen-bond donors (Lipinski definition) is 2. The molecule has 0 radical (unpaired) electrons. The molecule has 0 saturated heterocycles. The van der Waals surface area contributed by atoms with Crippen molar-refractivity contribution in [3.8, 4) is 17.4 Å². The number of ether oxygens (including phenoxy) is 2. The lowest BCUT2D eigenvalue weighted by Crippen LogP contribution is -2.45. The molecule has 1 aliphatic heterocycles. The van der Waals surface area contributed by atoms with Crippen molar-refractivity contribution in [2.45, 2.75) is 26.0 Å². The van der Waals surface area contributed by atoms with Crippen LogP contribution in [0.2, 0.25) is 0 Å². The van der Waals surface area contributed by atoms with E-state index in [1.54, 1.807) is 28.8 Å². The second-order valence-corrected chi connectivity index (χ2v) is 7.33. The number of aromatic hydroxyl groups is 1. The summed E-state index contributed by atoms with van der Waals surface area (Å²) in [6, 6.07) is 14.4. The number of azo groups is 1. The SMILES string of the molecule is CC(C)n1c(O)c(N=NC(=O)CNC(=O)C2COc3ccccc3O2)c2ccccc21. The summed E-state index contributed by atoms with van der Waals surface area (Å²) in [5, 5.41) is 21.3. The van der Waals surface area contributed by atoms with Crippen molar-refractivity contribution in [3.05, 3.63) is 48.5 Å². The quantitative estimate of drug-likeness (QED) is 0.611. The molecule has 0 aliphatic carbocycles. The van der Waals surface area contributed by atoms with Gasteiger partial charge in [0.25, 0.3) is 11.8 Å². The van der Waals surface area contributed by atoms with Crippen LogP contribution in [-0.2, 0) is 9.59 Å². The number of carbonyl (C=O) groups is 2. The van der Waals surface area contributed by atoms with E-state index >= 15 is 0 Å². The summed E-state index contributed by atoms with van der Waals surface area (Å²) in [6.07, 6.45) is -0.868. The van der Waals surface area contributed by atoms with Crippen LogP contribution in [0.4, 0.5) is 5.69 Å². The van der Waals surface area contributed by atoms with Crippen molar-refractivity contribution in [3.63, 3.8) is 0 Å². The highest BCUT2D eigenvalue weighted by atomic mass is 16.6. The first kappa shape index (κ1) is 20.4. The van der Waals surface area contributed by atoms with Crippen molar-refractivity contribution < 1.29 is 24.2 Å². The van der Waals surface area contributed by atoms with E-state index in [2.05, 4.69) is 15.5 Å². The largest absolute Gasteiger partial charge is 0.493 e. The number of hydrogen-bond acceptors (Lipinski definition) is 6. The van der Waals surface area contributed by atoms with E-state index in [4.69, 9.17) is 9.47 Å². The summed E-state index contributed by atoms with van der Waals surface area (Å²) in [5.74, 6) is -0.180. The van der Waals surface area contributed by atoms with Gasteiger partial charge in [-0.2, -0.15) is 0 Å². The van der Waals surface area contributed by atoms with Gasteiger partial charge in [-0.3, -0.25) is 9.59 Å². The molecule has 31 heavy (non-hydrogen) atoms. The van der Waals surface area contributed by atoms with Crippen molar-refractivity contribution in [1.82, 2.24) is 9.88 Å². The number of nitrogens with one attached hydrogen (secondary N) is 1. The minimum absolute atomic E-state index is 0.00770. The fourth-order valence-electron chi connectivity index (χ4n) is 3.42. The Hall–Kier alpha value is -3.88. The zero-order valence-corrected chi connectivity index (χ0v) is 17.1. The van der Waals surface area contributed by atoms with E-state index in [9.17, 15) is 14.7 Å². The first-order valence-corrected chi connectivity index (χ1v) is 9.88. The van der Waals surface area contributed by atoms with Crippen LogP contribution in [0.5, 0.6) is 17.4 Å². The van der Waals surface area contributed by atoms with Gasteiger partial charge in [0.05, 0.1) is 5.52 Å². The molecule has 0 spiro atoms. The van der Waals surface area contributed by atoms with Crippen LogP contribution in [0.3, 0.4) is 0 Å². The van der Waals surface area contributed by atoms with E-state index in [1.165, 1.54) is 0 Å². The summed E-state index contributed by atoms with van der Waals surface area (Å²) in [4.78, 5) is 24.5.